The van der Waals surface area contributed by atoms with Gasteiger partial charge in [0.2, 0.25) is 0 Å². The van der Waals surface area contributed by atoms with Crippen LogP contribution in [-0.4, -0.2) is 16.8 Å². The number of nitrogens with zero attached hydrogens (tertiary/aromatic N) is 2. The van der Waals surface area contributed by atoms with Gasteiger partial charge < -0.3 is 9.47 Å². The number of anilines is 2. The summed E-state index contributed by atoms with van der Waals surface area (Å²) in [6.07, 6.45) is 5.18. The van der Waals surface area contributed by atoms with Crippen molar-refractivity contribution < 1.29 is 0 Å². The number of rotatable bonds is 0. The van der Waals surface area contributed by atoms with Crippen molar-refractivity contribution in [1.82, 2.24) is 4.57 Å². The second kappa shape index (κ2) is 6.55. The van der Waals surface area contributed by atoms with Crippen LogP contribution in [-0.2, 0) is 10.8 Å². The summed E-state index contributed by atoms with van der Waals surface area (Å²) in [4.78, 5) is 2.81. The molecule has 3 aromatic carbocycles. The normalized spacial score (nSPS) is 24.8. The summed E-state index contributed by atoms with van der Waals surface area (Å²) in [5.74, 6) is 0. The summed E-state index contributed by atoms with van der Waals surface area (Å²) < 4.78 is 2.59. The predicted octanol–water partition coefficient (Wildman–Crippen LogP) is 6.43. The highest BCUT2D eigenvalue weighted by Crippen LogP contribution is 2.61. The Labute approximate surface area is 221 Å². The van der Waals surface area contributed by atoms with E-state index in [0.717, 1.165) is 0 Å². The van der Waals surface area contributed by atoms with Gasteiger partial charge in [0, 0.05) is 39.1 Å². The molecule has 3 aliphatic heterocycles. The molecule has 0 spiro atoms. The smallest absolute Gasteiger partial charge is 0.252 e. The van der Waals surface area contributed by atoms with Crippen molar-refractivity contribution in [3.8, 4) is 5.69 Å². The van der Waals surface area contributed by atoms with Crippen molar-refractivity contribution in [1.29, 1.82) is 0 Å². The molecule has 37 heavy (non-hydrogen) atoms. The van der Waals surface area contributed by atoms with E-state index in [-0.39, 0.29) is 23.1 Å². The molecule has 1 saturated carbocycles. The van der Waals surface area contributed by atoms with Crippen molar-refractivity contribution in [2.24, 2.45) is 0 Å². The van der Waals surface area contributed by atoms with E-state index in [9.17, 15) is 0 Å². The molecule has 4 heterocycles. The zero-order valence-corrected chi connectivity index (χ0v) is 23.4. The molecule has 0 radical (unpaired) electrons. The lowest BCUT2D eigenvalue weighted by atomic mass is 9.33. The quantitative estimate of drug-likeness (QED) is 0.230. The fourth-order valence-electron chi connectivity index (χ4n) is 8.78. The van der Waals surface area contributed by atoms with E-state index in [1.165, 1.54) is 86.9 Å². The number of benzene rings is 3. The molecule has 1 fully saturated rings. The molecular weight excluding hydrogens is 447 g/mol. The minimum absolute atomic E-state index is 0.0994. The summed E-state index contributed by atoms with van der Waals surface area (Å²) in [6.45, 7) is 17.1. The molecule has 4 aliphatic rings. The average molecular weight is 484 g/mol. The first-order chi connectivity index (χ1) is 17.6. The Morgan fingerprint density at radius 1 is 0.865 bits per heavy atom. The third kappa shape index (κ3) is 2.33. The summed E-state index contributed by atoms with van der Waals surface area (Å²) in [6, 6.07) is 19.4. The SMILES string of the molecule is Cc1c(C)n2c3c(cc(C(C)(C)C)cc13)B1c3cccc4c3N(c3cccc-2c31)C1(C)CCCCC41C. The lowest BCUT2D eigenvalue weighted by Gasteiger charge is -2.52. The largest absolute Gasteiger partial charge is 0.335 e. The zero-order chi connectivity index (χ0) is 25.6. The van der Waals surface area contributed by atoms with Crippen LogP contribution in [0.5, 0.6) is 0 Å². The molecule has 3 heteroatoms. The standard InChI is InChI=1S/C34H37BN2/c1-20-21(2)36-27-14-11-15-28-29(27)35(26-19-22(32(3,4)5)18-23(20)30(26)36)25-13-10-12-24-31(25)37(28)34(7)17-9-8-16-33(24,34)6/h10-15,18-19H,8-9,16-17H2,1-7H3. The molecule has 186 valence electrons. The third-order valence-electron chi connectivity index (χ3n) is 11.1. The lowest BCUT2D eigenvalue weighted by Crippen LogP contribution is -2.64. The van der Waals surface area contributed by atoms with Crippen LogP contribution in [0.15, 0.2) is 48.5 Å². The van der Waals surface area contributed by atoms with Crippen molar-refractivity contribution in [2.75, 3.05) is 4.90 Å². The minimum Gasteiger partial charge on any atom is -0.335 e. The number of fused-ring (bicyclic) bond motifs is 7. The average Bonchev–Trinajstić information content (AvgIpc) is 3.25. The van der Waals surface area contributed by atoms with Crippen molar-refractivity contribution in [3.05, 3.63) is 70.9 Å². The van der Waals surface area contributed by atoms with Crippen molar-refractivity contribution in [2.45, 2.75) is 90.5 Å². The highest BCUT2D eigenvalue weighted by atomic mass is 15.3. The first-order valence-corrected chi connectivity index (χ1v) is 14.3. The Kier molecular flexibility index (Phi) is 3.91. The van der Waals surface area contributed by atoms with Gasteiger partial charge in [-0.2, -0.15) is 0 Å². The fourth-order valence-corrected chi connectivity index (χ4v) is 8.78. The maximum atomic E-state index is 2.81. The van der Waals surface area contributed by atoms with Crippen LogP contribution in [0.2, 0.25) is 0 Å². The van der Waals surface area contributed by atoms with Gasteiger partial charge in [-0.1, -0.05) is 70.9 Å². The topological polar surface area (TPSA) is 8.17 Å². The number of aromatic nitrogens is 1. The van der Waals surface area contributed by atoms with Gasteiger partial charge in [-0.3, -0.25) is 0 Å². The Morgan fingerprint density at radius 3 is 2.38 bits per heavy atom. The maximum Gasteiger partial charge on any atom is 0.252 e. The number of aryl methyl sites for hydroxylation is 1. The molecule has 0 N–H and O–H groups in total. The van der Waals surface area contributed by atoms with Crippen molar-refractivity contribution in [3.63, 3.8) is 0 Å². The molecule has 2 atom stereocenters. The van der Waals surface area contributed by atoms with Crippen LogP contribution >= 0.6 is 0 Å². The first kappa shape index (κ1) is 22.1. The van der Waals surface area contributed by atoms with Crippen molar-refractivity contribution >= 4 is 45.4 Å². The van der Waals surface area contributed by atoms with E-state index in [1.807, 2.05) is 0 Å². The monoisotopic (exact) mass is 484 g/mol. The van der Waals surface area contributed by atoms with Gasteiger partial charge in [0.1, 0.15) is 0 Å². The summed E-state index contributed by atoms with van der Waals surface area (Å²) in [5, 5.41) is 1.43. The van der Waals surface area contributed by atoms with Crippen LogP contribution < -0.4 is 21.3 Å². The summed E-state index contributed by atoms with van der Waals surface area (Å²) >= 11 is 0. The van der Waals surface area contributed by atoms with E-state index in [4.69, 9.17) is 0 Å². The molecule has 0 amide bonds. The molecule has 1 aliphatic carbocycles. The highest BCUT2D eigenvalue weighted by Gasteiger charge is 2.60. The van der Waals surface area contributed by atoms with E-state index in [1.54, 1.807) is 5.56 Å². The van der Waals surface area contributed by atoms with Gasteiger partial charge in [-0.15, -0.1) is 0 Å². The molecule has 4 aromatic rings. The predicted molar refractivity (Wildman–Crippen MR) is 159 cm³/mol. The van der Waals surface area contributed by atoms with Crippen LogP contribution in [0.4, 0.5) is 11.4 Å². The van der Waals surface area contributed by atoms with Gasteiger partial charge in [-0.25, -0.2) is 0 Å². The van der Waals surface area contributed by atoms with Crippen LogP contribution in [0.1, 0.15) is 82.7 Å². The summed E-state index contributed by atoms with van der Waals surface area (Å²) in [7, 11) is 0. The van der Waals surface area contributed by atoms with E-state index < -0.39 is 0 Å². The van der Waals surface area contributed by atoms with E-state index in [0.29, 0.717) is 0 Å². The maximum absolute atomic E-state index is 2.81. The first-order valence-electron chi connectivity index (χ1n) is 14.3. The number of para-hydroxylation sites is 1. The Balaban J connectivity index is 1.56. The van der Waals surface area contributed by atoms with Gasteiger partial charge in [0.05, 0.1) is 5.54 Å². The van der Waals surface area contributed by atoms with Gasteiger partial charge >= 0.3 is 0 Å². The molecule has 0 bridgehead atoms. The van der Waals surface area contributed by atoms with Gasteiger partial charge in [0.25, 0.3) is 6.71 Å². The Bertz CT molecular complexity index is 1680. The van der Waals surface area contributed by atoms with E-state index >= 15 is 0 Å². The second-order valence-electron chi connectivity index (χ2n) is 13.8. The highest BCUT2D eigenvalue weighted by molar-refractivity contribution is 7.00. The summed E-state index contributed by atoms with van der Waals surface area (Å²) in [5.41, 5.74) is 16.5. The third-order valence-corrected chi connectivity index (χ3v) is 11.1. The molecule has 1 aromatic heterocycles. The number of hydrogen-bond acceptors (Lipinski definition) is 1. The van der Waals surface area contributed by atoms with Gasteiger partial charge in [-0.05, 0) is 90.3 Å². The van der Waals surface area contributed by atoms with Crippen LogP contribution in [0.25, 0.3) is 16.6 Å². The lowest BCUT2D eigenvalue weighted by molar-refractivity contribution is 0.195. The molecule has 2 unspecified atom stereocenters. The molecule has 0 saturated heterocycles. The zero-order valence-electron chi connectivity index (χ0n) is 23.4. The van der Waals surface area contributed by atoms with Crippen LogP contribution in [0, 0.1) is 13.8 Å². The molecule has 8 rings (SSSR count). The van der Waals surface area contributed by atoms with Gasteiger partial charge in [0.15, 0.2) is 0 Å². The fraction of sp³-hybridized carbons (Fsp3) is 0.412. The Hall–Kier alpha value is -2.94. The molecular formula is C34H37BN2. The number of hydrogen-bond donors (Lipinski definition) is 0. The Morgan fingerprint density at radius 2 is 1.59 bits per heavy atom. The van der Waals surface area contributed by atoms with E-state index in [2.05, 4.69) is 106 Å². The minimum atomic E-state index is 0.0994. The molecule has 2 nitrogen and oxygen atoms in total. The van der Waals surface area contributed by atoms with Crippen LogP contribution in [0.3, 0.4) is 0 Å². The second-order valence-corrected chi connectivity index (χ2v) is 13.8.